The molecule has 0 atom stereocenters. The number of hydrogen-bond donors (Lipinski definition) is 2. The van der Waals surface area contributed by atoms with E-state index in [2.05, 4.69) is 5.32 Å². The number of amides is 2. The van der Waals surface area contributed by atoms with Gasteiger partial charge in [0, 0.05) is 13.1 Å². The van der Waals surface area contributed by atoms with Gasteiger partial charge in [-0.2, -0.15) is 0 Å². The van der Waals surface area contributed by atoms with E-state index in [9.17, 15) is 14.7 Å². The number of rotatable bonds is 3. The van der Waals surface area contributed by atoms with Gasteiger partial charge in [0.15, 0.2) is 0 Å². The van der Waals surface area contributed by atoms with Crippen LogP contribution < -0.4 is 5.32 Å². The Bertz CT molecular complexity index is 320. The van der Waals surface area contributed by atoms with E-state index < -0.39 is 11.5 Å². The maximum absolute atomic E-state index is 12.0. The minimum atomic E-state index is -1.02. The number of nitrogens with zero attached hydrogens (tertiary/aromatic N) is 1. The highest BCUT2D eigenvalue weighted by atomic mass is 16.4. The molecule has 17 heavy (non-hydrogen) atoms. The van der Waals surface area contributed by atoms with E-state index in [1.54, 1.807) is 11.9 Å². The summed E-state index contributed by atoms with van der Waals surface area (Å²) in [6, 6.07) is 0.0567. The zero-order valence-corrected chi connectivity index (χ0v) is 10.2. The van der Waals surface area contributed by atoms with Crippen LogP contribution in [0, 0.1) is 0 Å². The SMILES string of the molecule is CN(C(=O)NC1(C(=O)O)CCCC1)C1CCC1. The molecule has 96 valence electrons. The summed E-state index contributed by atoms with van der Waals surface area (Å²) >= 11 is 0. The summed E-state index contributed by atoms with van der Waals surface area (Å²) in [5, 5.41) is 12.0. The lowest BCUT2D eigenvalue weighted by molar-refractivity contribution is -0.144. The average molecular weight is 240 g/mol. The first-order valence-corrected chi connectivity index (χ1v) is 6.33. The highest BCUT2D eigenvalue weighted by Crippen LogP contribution is 2.31. The molecule has 0 unspecified atom stereocenters. The lowest BCUT2D eigenvalue weighted by atomic mass is 9.92. The standard InChI is InChI=1S/C12H20N2O3/c1-14(9-5-4-6-9)11(17)13-12(10(15)16)7-2-3-8-12/h9H,2-8H2,1H3,(H,13,17)(H,15,16). The Morgan fingerprint density at radius 3 is 2.24 bits per heavy atom. The van der Waals surface area contributed by atoms with Gasteiger partial charge in [-0.05, 0) is 32.1 Å². The van der Waals surface area contributed by atoms with Crippen LogP contribution in [0.2, 0.25) is 0 Å². The summed E-state index contributed by atoms with van der Waals surface area (Å²) in [6.07, 6.45) is 6.07. The third kappa shape index (κ3) is 2.23. The summed E-state index contributed by atoms with van der Waals surface area (Å²) in [7, 11) is 1.75. The van der Waals surface area contributed by atoms with Crippen LogP contribution in [0.3, 0.4) is 0 Å². The zero-order chi connectivity index (χ0) is 12.5. The van der Waals surface area contributed by atoms with Crippen LogP contribution in [0.15, 0.2) is 0 Å². The first-order valence-electron chi connectivity index (χ1n) is 6.33. The molecule has 0 radical (unpaired) electrons. The fraction of sp³-hybridized carbons (Fsp3) is 0.833. The summed E-state index contributed by atoms with van der Waals surface area (Å²) in [6.45, 7) is 0. The largest absolute Gasteiger partial charge is 0.480 e. The maximum Gasteiger partial charge on any atom is 0.329 e. The Labute approximate surface area is 101 Å². The van der Waals surface area contributed by atoms with Gasteiger partial charge in [0.1, 0.15) is 5.54 Å². The minimum absolute atomic E-state index is 0.237. The highest BCUT2D eigenvalue weighted by molar-refractivity contribution is 5.86. The number of carbonyl (C=O) groups excluding carboxylic acids is 1. The zero-order valence-electron chi connectivity index (χ0n) is 10.2. The molecular weight excluding hydrogens is 220 g/mol. The van der Waals surface area contributed by atoms with Crippen LogP contribution >= 0.6 is 0 Å². The van der Waals surface area contributed by atoms with Crippen molar-refractivity contribution in [3.63, 3.8) is 0 Å². The first-order chi connectivity index (χ1) is 8.05. The number of aliphatic carboxylic acids is 1. The van der Waals surface area contributed by atoms with Gasteiger partial charge in [-0.25, -0.2) is 9.59 Å². The summed E-state index contributed by atoms with van der Waals surface area (Å²) in [5.74, 6) is -0.898. The van der Waals surface area contributed by atoms with Crippen LogP contribution in [-0.4, -0.2) is 40.6 Å². The quantitative estimate of drug-likeness (QED) is 0.786. The topological polar surface area (TPSA) is 69.6 Å². The molecule has 2 fully saturated rings. The second-order valence-electron chi connectivity index (χ2n) is 5.22. The lowest BCUT2D eigenvalue weighted by Gasteiger charge is -2.37. The summed E-state index contributed by atoms with van der Waals surface area (Å²) < 4.78 is 0. The molecule has 0 bridgehead atoms. The number of carbonyl (C=O) groups is 2. The van der Waals surface area contributed by atoms with Gasteiger partial charge in [0.2, 0.25) is 0 Å². The van der Waals surface area contributed by atoms with E-state index in [1.165, 1.54) is 0 Å². The Balaban J connectivity index is 1.98. The third-order valence-electron chi connectivity index (χ3n) is 4.16. The van der Waals surface area contributed by atoms with Crippen molar-refractivity contribution in [2.75, 3.05) is 7.05 Å². The molecule has 2 aliphatic carbocycles. The Morgan fingerprint density at radius 1 is 1.24 bits per heavy atom. The van der Waals surface area contributed by atoms with Crippen molar-refractivity contribution in [3.05, 3.63) is 0 Å². The van der Waals surface area contributed by atoms with Gasteiger partial charge in [-0.1, -0.05) is 12.8 Å². The van der Waals surface area contributed by atoms with Gasteiger partial charge in [0.05, 0.1) is 0 Å². The molecule has 2 aliphatic rings. The van der Waals surface area contributed by atoms with Gasteiger partial charge >= 0.3 is 12.0 Å². The maximum atomic E-state index is 12.0. The molecule has 0 aromatic heterocycles. The van der Waals surface area contributed by atoms with Gasteiger partial charge in [0.25, 0.3) is 0 Å². The summed E-state index contributed by atoms with van der Waals surface area (Å²) in [4.78, 5) is 25.0. The fourth-order valence-corrected chi connectivity index (χ4v) is 2.60. The van der Waals surface area contributed by atoms with E-state index in [0.717, 1.165) is 32.1 Å². The van der Waals surface area contributed by atoms with E-state index in [-0.39, 0.29) is 6.03 Å². The average Bonchev–Trinajstić information content (AvgIpc) is 2.64. The first kappa shape index (κ1) is 12.2. The van der Waals surface area contributed by atoms with Crippen molar-refractivity contribution < 1.29 is 14.7 Å². The minimum Gasteiger partial charge on any atom is -0.480 e. The van der Waals surface area contributed by atoms with Crippen LogP contribution in [0.4, 0.5) is 4.79 Å². The Morgan fingerprint density at radius 2 is 1.82 bits per heavy atom. The molecule has 0 spiro atoms. The van der Waals surface area contributed by atoms with Crippen molar-refractivity contribution in [2.45, 2.75) is 56.5 Å². The molecule has 2 rings (SSSR count). The van der Waals surface area contributed by atoms with E-state index >= 15 is 0 Å². The predicted molar refractivity (Wildman–Crippen MR) is 62.8 cm³/mol. The van der Waals surface area contributed by atoms with E-state index in [0.29, 0.717) is 18.9 Å². The van der Waals surface area contributed by atoms with Crippen LogP contribution in [0.1, 0.15) is 44.9 Å². The van der Waals surface area contributed by atoms with Gasteiger partial charge < -0.3 is 15.3 Å². The number of hydrogen-bond acceptors (Lipinski definition) is 2. The highest BCUT2D eigenvalue weighted by Gasteiger charge is 2.43. The smallest absolute Gasteiger partial charge is 0.329 e. The second kappa shape index (κ2) is 4.55. The molecule has 5 nitrogen and oxygen atoms in total. The van der Waals surface area contributed by atoms with Crippen molar-refractivity contribution in [1.29, 1.82) is 0 Å². The van der Waals surface area contributed by atoms with Gasteiger partial charge in [-0.3, -0.25) is 0 Å². The number of nitrogens with one attached hydrogen (secondary N) is 1. The van der Waals surface area contributed by atoms with Crippen LogP contribution in [0.5, 0.6) is 0 Å². The van der Waals surface area contributed by atoms with Crippen molar-refractivity contribution >= 4 is 12.0 Å². The van der Waals surface area contributed by atoms with Crippen molar-refractivity contribution in [1.82, 2.24) is 10.2 Å². The van der Waals surface area contributed by atoms with Gasteiger partial charge in [-0.15, -0.1) is 0 Å². The number of urea groups is 1. The molecule has 2 saturated carbocycles. The predicted octanol–water partition coefficient (Wildman–Crippen LogP) is 1.58. The molecule has 0 heterocycles. The lowest BCUT2D eigenvalue weighted by Crippen LogP contribution is -2.57. The van der Waals surface area contributed by atoms with Crippen LogP contribution in [-0.2, 0) is 4.79 Å². The monoisotopic (exact) mass is 240 g/mol. The molecular formula is C12H20N2O3. The second-order valence-corrected chi connectivity index (χ2v) is 5.22. The third-order valence-corrected chi connectivity index (χ3v) is 4.16. The molecule has 2 N–H and O–H groups in total. The Kier molecular flexibility index (Phi) is 3.26. The molecule has 0 aromatic rings. The van der Waals surface area contributed by atoms with Crippen LogP contribution in [0.25, 0.3) is 0 Å². The van der Waals surface area contributed by atoms with E-state index in [1.807, 2.05) is 0 Å². The number of carboxylic acids is 1. The molecule has 0 aliphatic heterocycles. The normalized spacial score (nSPS) is 22.9. The Hall–Kier alpha value is -1.26. The molecule has 2 amide bonds. The fourth-order valence-electron chi connectivity index (χ4n) is 2.60. The van der Waals surface area contributed by atoms with Crippen molar-refractivity contribution in [2.24, 2.45) is 0 Å². The number of carboxylic acid groups (broad SMARTS) is 1. The van der Waals surface area contributed by atoms with Crippen molar-refractivity contribution in [3.8, 4) is 0 Å². The molecule has 5 heteroatoms. The molecule has 0 aromatic carbocycles. The summed E-state index contributed by atoms with van der Waals surface area (Å²) in [5.41, 5.74) is -1.02. The molecule has 0 saturated heterocycles. The van der Waals surface area contributed by atoms with E-state index in [4.69, 9.17) is 0 Å².